The van der Waals surface area contributed by atoms with Gasteiger partial charge in [0.2, 0.25) is 0 Å². The molecule has 0 N–H and O–H groups in total. The Kier molecular flexibility index (Phi) is 1.88. The monoisotopic (exact) mass is 233 g/mol. The van der Waals surface area contributed by atoms with Gasteiger partial charge in [-0.15, -0.1) is 5.34 Å². The molecule has 2 heterocycles. The first-order chi connectivity index (χ1) is 8.16. The Hall–Kier alpha value is -2.45. The Morgan fingerprint density at radius 2 is 2.24 bits per heavy atom. The van der Waals surface area contributed by atoms with Crippen molar-refractivity contribution in [2.75, 3.05) is 5.01 Å². The number of nitro groups is 1. The van der Waals surface area contributed by atoms with Gasteiger partial charge in [-0.2, -0.15) is 0 Å². The summed E-state index contributed by atoms with van der Waals surface area (Å²) in [6.45, 7) is 0. The molecule has 0 aromatic heterocycles. The molecular weight excluding hydrogens is 228 g/mol. The predicted octanol–water partition coefficient (Wildman–Crippen LogP) is 1.62. The number of rotatable bonds is 1. The lowest BCUT2D eigenvalue weighted by molar-refractivity contribution is -0.384. The van der Waals surface area contributed by atoms with Crippen LogP contribution in [0.3, 0.4) is 0 Å². The Labute approximate surface area is 94.7 Å². The van der Waals surface area contributed by atoms with Gasteiger partial charge in [0, 0.05) is 12.1 Å². The largest absolute Gasteiger partial charge is 0.733 e. The average Bonchev–Trinajstić information content (AvgIpc) is 2.70. The third-order valence-electron chi connectivity index (χ3n) is 2.41. The van der Waals surface area contributed by atoms with E-state index in [-0.39, 0.29) is 11.0 Å². The number of aliphatic imine (C=N–C) groups is 1. The van der Waals surface area contributed by atoms with Crippen LogP contribution in [0.25, 0.3) is 0 Å². The van der Waals surface area contributed by atoms with Gasteiger partial charge in [0.25, 0.3) is 5.69 Å². The fourth-order valence-corrected chi connectivity index (χ4v) is 1.65. The summed E-state index contributed by atoms with van der Waals surface area (Å²) in [5.41, 5.74) is 1.19. The molecule has 0 amide bonds. The van der Waals surface area contributed by atoms with E-state index in [1.807, 2.05) is 0 Å². The first kappa shape index (κ1) is 9.75. The van der Waals surface area contributed by atoms with E-state index >= 15 is 0 Å². The van der Waals surface area contributed by atoms with E-state index in [4.69, 9.17) is 0 Å². The molecule has 0 unspecified atom stereocenters. The van der Waals surface area contributed by atoms with Crippen molar-refractivity contribution in [1.82, 2.24) is 5.34 Å². The van der Waals surface area contributed by atoms with Crippen LogP contribution in [0.4, 0.5) is 17.1 Å². The second kappa shape index (κ2) is 3.27. The summed E-state index contributed by atoms with van der Waals surface area (Å²) < 4.78 is 0. The van der Waals surface area contributed by atoms with Gasteiger partial charge < -0.3 is 10.0 Å². The fraction of sp³-hybridized carbons (Fsp3) is 0. The predicted molar refractivity (Wildman–Crippen MR) is 58.1 cm³/mol. The van der Waals surface area contributed by atoms with Crippen LogP contribution in [0.2, 0.25) is 0 Å². The quantitative estimate of drug-likeness (QED) is 0.540. The second-order valence-electron chi connectivity index (χ2n) is 3.39. The molecule has 86 valence electrons. The van der Waals surface area contributed by atoms with Gasteiger partial charge in [-0.1, -0.05) is 0 Å². The number of non-ortho nitro benzene ring substituents is 1. The zero-order chi connectivity index (χ0) is 12.0. The van der Waals surface area contributed by atoms with Crippen molar-refractivity contribution in [2.45, 2.75) is 0 Å². The van der Waals surface area contributed by atoms with Crippen molar-refractivity contribution in [3.63, 3.8) is 0 Å². The Bertz CT molecular complexity index is 568. The highest BCUT2D eigenvalue weighted by molar-refractivity contribution is 5.93. The average molecular weight is 233 g/mol. The number of anilines is 1. The molecule has 8 nitrogen and oxygen atoms in total. The van der Waals surface area contributed by atoms with Gasteiger partial charge in [-0.05, 0) is 6.07 Å². The number of hydrogen-bond acceptors (Lipinski definition) is 7. The Morgan fingerprint density at radius 3 is 3.00 bits per heavy atom. The highest BCUT2D eigenvalue weighted by atomic mass is 16.9. The van der Waals surface area contributed by atoms with Crippen LogP contribution in [0, 0.1) is 15.3 Å². The topological polar surface area (TPSA) is 94.3 Å². The number of allylic oxidation sites excluding steroid dienone is 1. The number of hydrazine groups is 1. The standard InChI is InChI=1S/C9H5N4O4/c14-12(15)6-1-2-9-8(3-6)10-4-7-5-17-13(16)11(7)9/h1-5H/q-1. The molecule has 1 aromatic carbocycles. The van der Waals surface area contributed by atoms with Crippen LogP contribution in [0.1, 0.15) is 0 Å². The summed E-state index contributed by atoms with van der Waals surface area (Å²) in [4.78, 5) is 18.8. The molecule has 17 heavy (non-hydrogen) atoms. The number of benzene rings is 1. The maximum Gasteiger partial charge on any atom is 0.271 e. The summed E-state index contributed by atoms with van der Waals surface area (Å²) in [7, 11) is 0. The van der Waals surface area contributed by atoms with Crippen molar-refractivity contribution in [1.29, 1.82) is 0 Å². The van der Waals surface area contributed by atoms with Crippen LogP contribution in [0.5, 0.6) is 0 Å². The molecule has 3 rings (SSSR count). The van der Waals surface area contributed by atoms with E-state index in [9.17, 15) is 15.3 Å². The number of nitrogens with zero attached hydrogens (tertiary/aromatic N) is 4. The zero-order valence-electron chi connectivity index (χ0n) is 8.31. The van der Waals surface area contributed by atoms with Crippen LogP contribution in [-0.4, -0.2) is 16.5 Å². The molecule has 0 radical (unpaired) electrons. The molecule has 2 aliphatic heterocycles. The lowest BCUT2D eigenvalue weighted by Gasteiger charge is -2.34. The van der Waals surface area contributed by atoms with Gasteiger partial charge >= 0.3 is 0 Å². The Morgan fingerprint density at radius 1 is 1.41 bits per heavy atom. The lowest BCUT2D eigenvalue weighted by atomic mass is 10.2. The normalized spacial score (nSPS) is 17.2. The second-order valence-corrected chi connectivity index (χ2v) is 3.39. The summed E-state index contributed by atoms with van der Waals surface area (Å²) >= 11 is 0. The molecule has 0 spiro atoms. The van der Waals surface area contributed by atoms with Crippen LogP contribution < -0.4 is 5.01 Å². The summed E-state index contributed by atoms with van der Waals surface area (Å²) in [5, 5.41) is 23.5. The SMILES string of the molecule is O=[N+]([O-])c1ccc2c(c1)N=CC1=CON([O-])N12. The van der Waals surface area contributed by atoms with Crippen LogP contribution in [-0.2, 0) is 4.84 Å². The first-order valence-electron chi connectivity index (χ1n) is 4.63. The fourth-order valence-electron chi connectivity index (χ4n) is 1.65. The van der Waals surface area contributed by atoms with Crippen molar-refractivity contribution in [3.8, 4) is 0 Å². The smallest absolute Gasteiger partial charge is 0.271 e. The number of hydrogen-bond donors (Lipinski definition) is 0. The van der Waals surface area contributed by atoms with E-state index in [0.717, 1.165) is 0 Å². The van der Waals surface area contributed by atoms with Crippen molar-refractivity contribution in [3.05, 3.63) is 45.5 Å². The molecule has 0 saturated carbocycles. The van der Waals surface area contributed by atoms with Gasteiger partial charge in [-0.3, -0.25) is 15.1 Å². The van der Waals surface area contributed by atoms with Crippen LogP contribution >= 0.6 is 0 Å². The summed E-state index contributed by atoms with van der Waals surface area (Å²) in [6, 6.07) is 4.07. The minimum Gasteiger partial charge on any atom is -0.733 e. The van der Waals surface area contributed by atoms with Crippen molar-refractivity contribution < 1.29 is 9.76 Å². The van der Waals surface area contributed by atoms with Gasteiger partial charge in [0.05, 0.1) is 22.5 Å². The third-order valence-corrected chi connectivity index (χ3v) is 2.41. The molecule has 0 aliphatic carbocycles. The molecule has 8 heteroatoms. The Balaban J connectivity index is 2.12. The minimum atomic E-state index is -0.517. The van der Waals surface area contributed by atoms with Crippen molar-refractivity contribution in [2.24, 2.45) is 4.99 Å². The van der Waals surface area contributed by atoms with Gasteiger partial charge in [0.15, 0.2) is 0 Å². The van der Waals surface area contributed by atoms with Gasteiger partial charge in [0.1, 0.15) is 12.0 Å². The molecule has 0 saturated heterocycles. The van der Waals surface area contributed by atoms with E-state index in [0.29, 0.717) is 17.1 Å². The third kappa shape index (κ3) is 1.35. The van der Waals surface area contributed by atoms with Gasteiger partial charge in [-0.25, -0.2) is 5.01 Å². The van der Waals surface area contributed by atoms with E-state index in [2.05, 4.69) is 9.83 Å². The molecular formula is C9H5N4O4-. The molecule has 0 bridgehead atoms. The maximum absolute atomic E-state index is 11.4. The summed E-state index contributed by atoms with van der Waals surface area (Å²) in [5.74, 6) is 0. The first-order valence-corrected chi connectivity index (χ1v) is 4.63. The molecule has 2 aliphatic rings. The zero-order valence-corrected chi connectivity index (χ0v) is 8.31. The number of fused-ring (bicyclic) bond motifs is 3. The highest BCUT2D eigenvalue weighted by Gasteiger charge is 2.26. The van der Waals surface area contributed by atoms with E-state index in [1.54, 1.807) is 0 Å². The molecule has 0 atom stereocenters. The highest BCUT2D eigenvalue weighted by Crippen LogP contribution is 2.39. The maximum atomic E-state index is 11.4. The number of nitro benzene ring substituents is 1. The van der Waals surface area contributed by atoms with E-state index < -0.39 is 4.92 Å². The lowest BCUT2D eigenvalue weighted by Crippen LogP contribution is -2.33. The summed E-state index contributed by atoms with van der Waals surface area (Å²) in [6.07, 6.45) is 2.66. The van der Waals surface area contributed by atoms with Crippen molar-refractivity contribution >= 4 is 23.3 Å². The van der Waals surface area contributed by atoms with E-state index in [1.165, 1.54) is 35.7 Å². The van der Waals surface area contributed by atoms with Crippen LogP contribution in [0.15, 0.2) is 35.2 Å². The minimum absolute atomic E-state index is 0.0779. The molecule has 0 fully saturated rings. The molecule has 1 aromatic rings.